The van der Waals surface area contributed by atoms with Crippen LogP contribution >= 0.6 is 0 Å². The van der Waals surface area contributed by atoms with Crippen LogP contribution in [0.3, 0.4) is 0 Å². The summed E-state index contributed by atoms with van der Waals surface area (Å²) in [6.07, 6.45) is 5.64. The number of carbonyl (C=O) groups excluding carboxylic acids is 2. The first-order valence-corrected chi connectivity index (χ1v) is 11.0. The van der Waals surface area contributed by atoms with E-state index in [1.807, 2.05) is 6.92 Å². The molecule has 26 heavy (non-hydrogen) atoms. The van der Waals surface area contributed by atoms with E-state index in [-0.39, 0.29) is 5.91 Å². The molecule has 1 aliphatic carbocycles. The summed E-state index contributed by atoms with van der Waals surface area (Å²) in [7, 11) is -2.95. The van der Waals surface area contributed by atoms with Crippen molar-refractivity contribution in [3.63, 3.8) is 0 Å². The molecule has 1 atom stereocenters. The molecular formula is C17H24N4O4S. The number of hydrogen-bond acceptors (Lipinski definition) is 5. The molecule has 0 spiro atoms. The zero-order valence-corrected chi connectivity index (χ0v) is 16.0. The van der Waals surface area contributed by atoms with Gasteiger partial charge in [0.05, 0.1) is 46.2 Å². The van der Waals surface area contributed by atoms with Gasteiger partial charge >= 0.3 is 0 Å². The Morgan fingerprint density at radius 2 is 2.19 bits per heavy atom. The van der Waals surface area contributed by atoms with Crippen LogP contribution in [0.4, 0.5) is 0 Å². The highest BCUT2D eigenvalue weighted by Crippen LogP contribution is 2.49. The average molecular weight is 380 g/mol. The molecule has 1 aromatic heterocycles. The Morgan fingerprint density at radius 1 is 1.42 bits per heavy atom. The molecule has 9 heteroatoms. The van der Waals surface area contributed by atoms with Crippen molar-refractivity contribution in [2.45, 2.75) is 56.2 Å². The van der Waals surface area contributed by atoms with Gasteiger partial charge in [-0.25, -0.2) is 4.21 Å². The zero-order valence-electron chi connectivity index (χ0n) is 15.1. The number of fused-ring (bicyclic) bond motifs is 2. The molecule has 4 heterocycles. The molecule has 142 valence electrons. The molecule has 4 aliphatic rings. The second-order valence-corrected chi connectivity index (χ2v) is 9.75. The van der Waals surface area contributed by atoms with Gasteiger partial charge in [0.15, 0.2) is 0 Å². The Hall–Kier alpha value is -1.74. The quantitative estimate of drug-likeness (QED) is 0.782. The standard InChI is InChI=1S/C17H24N4O4S/c1-3-4-15(22)20-5-6-21-13(10-20)14(9-18-21)26(2,24)19-16(23)17-7-12(8-17)11-25-17/h9,12H,3-8,10-11H2,1-2H3. The van der Waals surface area contributed by atoms with Gasteiger partial charge in [-0.3, -0.25) is 14.3 Å². The van der Waals surface area contributed by atoms with Gasteiger partial charge in [0.25, 0.3) is 5.91 Å². The number of hydrogen-bond donors (Lipinski definition) is 0. The summed E-state index contributed by atoms with van der Waals surface area (Å²) < 4.78 is 24.7. The maximum Gasteiger partial charge on any atom is 0.286 e. The topological polar surface area (TPSA) is 93.9 Å². The lowest BCUT2D eigenvalue weighted by molar-refractivity contribution is -0.139. The molecule has 1 saturated carbocycles. The highest BCUT2D eigenvalue weighted by Gasteiger charge is 2.57. The van der Waals surface area contributed by atoms with Gasteiger partial charge in [-0.15, -0.1) is 0 Å². The SMILES string of the molecule is CCCC(=O)N1CCn2ncc(S(C)(=O)=NC(=O)C34CC(CO3)C4)c2C1. The normalized spacial score (nSPS) is 28.8. The molecule has 8 nitrogen and oxygen atoms in total. The Kier molecular flexibility index (Phi) is 4.18. The second-order valence-electron chi connectivity index (χ2n) is 7.52. The van der Waals surface area contributed by atoms with Crippen LogP contribution in [0.5, 0.6) is 0 Å². The molecule has 0 N–H and O–H groups in total. The predicted molar refractivity (Wildman–Crippen MR) is 93.7 cm³/mol. The lowest BCUT2D eigenvalue weighted by atomic mass is 9.74. The predicted octanol–water partition coefficient (Wildman–Crippen LogP) is 1.19. The third-order valence-corrected chi connectivity index (χ3v) is 7.21. The van der Waals surface area contributed by atoms with E-state index in [2.05, 4.69) is 9.46 Å². The summed E-state index contributed by atoms with van der Waals surface area (Å²) in [6.45, 7) is 4.06. The van der Waals surface area contributed by atoms with Crippen LogP contribution in [-0.4, -0.2) is 55.7 Å². The van der Waals surface area contributed by atoms with Crippen molar-refractivity contribution in [2.24, 2.45) is 10.3 Å². The van der Waals surface area contributed by atoms with Gasteiger partial charge in [-0.2, -0.15) is 9.46 Å². The first kappa shape index (κ1) is 17.7. The molecule has 3 aliphatic heterocycles. The number of amides is 2. The van der Waals surface area contributed by atoms with Gasteiger partial charge in [-0.05, 0) is 25.2 Å². The van der Waals surface area contributed by atoms with E-state index in [1.54, 1.807) is 9.58 Å². The minimum Gasteiger partial charge on any atom is -0.365 e. The Bertz CT molecular complexity index is 872. The molecule has 0 radical (unpaired) electrons. The summed E-state index contributed by atoms with van der Waals surface area (Å²) >= 11 is 0. The van der Waals surface area contributed by atoms with E-state index >= 15 is 0 Å². The second kappa shape index (κ2) is 6.16. The molecule has 0 aromatic carbocycles. The first-order chi connectivity index (χ1) is 12.3. The van der Waals surface area contributed by atoms with Gasteiger partial charge in [0.1, 0.15) is 5.60 Å². The highest BCUT2D eigenvalue weighted by molar-refractivity contribution is 7.93. The molecule has 3 fully saturated rings. The lowest BCUT2D eigenvalue weighted by Crippen LogP contribution is -2.44. The monoisotopic (exact) mass is 380 g/mol. The van der Waals surface area contributed by atoms with Crippen LogP contribution in [0.1, 0.15) is 38.3 Å². The van der Waals surface area contributed by atoms with Crippen LogP contribution < -0.4 is 0 Å². The Labute approximate surface area is 153 Å². The summed E-state index contributed by atoms with van der Waals surface area (Å²) in [6, 6.07) is 0. The fourth-order valence-corrected chi connectivity index (χ4v) is 5.47. The molecular weight excluding hydrogens is 356 g/mol. The third kappa shape index (κ3) is 2.77. The third-order valence-electron chi connectivity index (χ3n) is 5.54. The van der Waals surface area contributed by atoms with Gasteiger partial charge in [0, 0.05) is 19.2 Å². The Morgan fingerprint density at radius 3 is 2.85 bits per heavy atom. The minimum absolute atomic E-state index is 0.0836. The van der Waals surface area contributed by atoms with E-state index in [4.69, 9.17) is 4.74 Å². The van der Waals surface area contributed by atoms with Crippen LogP contribution in [-0.2, 0) is 37.1 Å². The molecule has 2 saturated heterocycles. The summed E-state index contributed by atoms with van der Waals surface area (Å²) in [5.74, 6) is 0.0952. The number of ether oxygens (including phenoxy) is 1. The fourth-order valence-electron chi connectivity index (χ4n) is 4.04. The van der Waals surface area contributed by atoms with E-state index in [0.29, 0.717) is 62.0 Å². The molecule has 5 rings (SSSR count). The van der Waals surface area contributed by atoms with Crippen LogP contribution in [0.2, 0.25) is 0 Å². The average Bonchev–Trinajstić information content (AvgIpc) is 3.27. The highest BCUT2D eigenvalue weighted by atomic mass is 32.2. The summed E-state index contributed by atoms with van der Waals surface area (Å²) in [4.78, 5) is 27.0. The van der Waals surface area contributed by atoms with Crippen molar-refractivity contribution >= 4 is 21.5 Å². The fraction of sp³-hybridized carbons (Fsp3) is 0.706. The lowest BCUT2D eigenvalue weighted by Gasteiger charge is -2.32. The van der Waals surface area contributed by atoms with Crippen LogP contribution in [0, 0.1) is 5.92 Å². The summed E-state index contributed by atoms with van der Waals surface area (Å²) in [5.41, 5.74) is -0.138. The van der Waals surface area contributed by atoms with E-state index < -0.39 is 21.2 Å². The maximum atomic E-state index is 13.2. The number of rotatable bonds is 4. The van der Waals surface area contributed by atoms with Crippen molar-refractivity contribution in [3.05, 3.63) is 11.9 Å². The van der Waals surface area contributed by atoms with Gasteiger partial charge < -0.3 is 9.64 Å². The molecule has 1 aromatic rings. The first-order valence-electron chi connectivity index (χ1n) is 9.08. The number of nitrogens with zero attached hydrogens (tertiary/aromatic N) is 4. The van der Waals surface area contributed by atoms with E-state index in [0.717, 1.165) is 6.42 Å². The van der Waals surface area contributed by atoms with Crippen molar-refractivity contribution in [2.75, 3.05) is 19.4 Å². The van der Waals surface area contributed by atoms with Crippen molar-refractivity contribution in [1.29, 1.82) is 0 Å². The van der Waals surface area contributed by atoms with Crippen LogP contribution in [0.15, 0.2) is 15.5 Å². The van der Waals surface area contributed by atoms with Crippen molar-refractivity contribution in [1.82, 2.24) is 14.7 Å². The molecule has 2 amide bonds. The number of aromatic nitrogens is 2. The van der Waals surface area contributed by atoms with Gasteiger partial charge in [-0.1, -0.05) is 6.92 Å². The Balaban J connectivity index is 1.61. The van der Waals surface area contributed by atoms with E-state index in [9.17, 15) is 13.8 Å². The molecule has 2 bridgehead atoms. The van der Waals surface area contributed by atoms with Crippen molar-refractivity contribution in [3.8, 4) is 0 Å². The van der Waals surface area contributed by atoms with Crippen LogP contribution in [0.25, 0.3) is 0 Å². The van der Waals surface area contributed by atoms with E-state index in [1.165, 1.54) is 12.5 Å². The van der Waals surface area contributed by atoms with Crippen molar-refractivity contribution < 1.29 is 18.5 Å². The molecule has 1 unspecified atom stereocenters. The van der Waals surface area contributed by atoms with Gasteiger partial charge in [0.2, 0.25) is 5.91 Å². The smallest absolute Gasteiger partial charge is 0.286 e. The maximum absolute atomic E-state index is 13.2. The zero-order chi connectivity index (χ0) is 18.5. The summed E-state index contributed by atoms with van der Waals surface area (Å²) in [5, 5.41) is 4.29. The largest absolute Gasteiger partial charge is 0.365 e. The minimum atomic E-state index is -2.95. The number of carbonyl (C=O) groups is 2.